The van der Waals surface area contributed by atoms with Crippen LogP contribution in [-0.2, 0) is 0 Å². The number of nitrogens with zero attached hydrogens (tertiary/aromatic N) is 3. The summed E-state index contributed by atoms with van der Waals surface area (Å²) in [4.78, 5) is 2.35. The van der Waals surface area contributed by atoms with Gasteiger partial charge in [-0.1, -0.05) is 11.6 Å². The largest absolute Gasteiger partial charge is 0.384 e. The summed E-state index contributed by atoms with van der Waals surface area (Å²) in [5.41, 5.74) is 0.933. The highest BCUT2D eigenvalue weighted by molar-refractivity contribution is 6.29. The molecule has 17 heavy (non-hydrogen) atoms. The molecule has 1 aromatic heterocycles. The predicted molar refractivity (Wildman–Crippen MR) is 72.5 cm³/mol. The number of nitrogens with one attached hydrogen (secondary N) is 1. The number of halogens is 1. The second-order valence-corrected chi connectivity index (χ2v) is 4.86. The van der Waals surface area contributed by atoms with Crippen molar-refractivity contribution in [2.45, 2.75) is 32.7 Å². The van der Waals surface area contributed by atoms with E-state index < -0.39 is 0 Å². The highest BCUT2D eigenvalue weighted by Gasteiger charge is 2.01. The molecule has 0 saturated heterocycles. The van der Waals surface area contributed by atoms with Gasteiger partial charge in [0.2, 0.25) is 0 Å². The summed E-state index contributed by atoms with van der Waals surface area (Å²) < 4.78 is 0. The van der Waals surface area contributed by atoms with Crippen LogP contribution in [0.1, 0.15) is 26.7 Å². The molecule has 5 heteroatoms. The zero-order chi connectivity index (χ0) is 12.7. The van der Waals surface area contributed by atoms with Crippen molar-refractivity contribution < 1.29 is 0 Å². The SMILES string of the molecule is CC(C)N(C)CCCCNc1cnnc(Cl)c1. The van der Waals surface area contributed by atoms with Crippen molar-refractivity contribution in [2.75, 3.05) is 25.5 Å². The Bertz CT molecular complexity index is 330. The Kier molecular flexibility index (Phi) is 6.22. The van der Waals surface area contributed by atoms with E-state index >= 15 is 0 Å². The Morgan fingerprint density at radius 2 is 2.18 bits per heavy atom. The van der Waals surface area contributed by atoms with Gasteiger partial charge in [-0.2, -0.15) is 5.10 Å². The molecule has 0 aliphatic carbocycles. The molecule has 0 radical (unpaired) electrons. The Hall–Kier alpha value is -0.870. The van der Waals surface area contributed by atoms with Gasteiger partial charge in [0.1, 0.15) is 0 Å². The van der Waals surface area contributed by atoms with Crippen LogP contribution in [-0.4, -0.2) is 41.3 Å². The second-order valence-electron chi connectivity index (χ2n) is 4.48. The molecule has 0 atom stereocenters. The van der Waals surface area contributed by atoms with Crippen molar-refractivity contribution in [3.8, 4) is 0 Å². The number of unbranched alkanes of at least 4 members (excludes halogenated alkanes) is 1. The molecule has 0 fully saturated rings. The maximum absolute atomic E-state index is 5.74. The Balaban J connectivity index is 2.12. The van der Waals surface area contributed by atoms with Gasteiger partial charge in [-0.3, -0.25) is 0 Å². The van der Waals surface area contributed by atoms with E-state index in [2.05, 4.69) is 41.3 Å². The van der Waals surface area contributed by atoms with E-state index in [1.54, 1.807) is 12.3 Å². The summed E-state index contributed by atoms with van der Waals surface area (Å²) in [6.45, 7) is 6.49. The fourth-order valence-corrected chi connectivity index (χ4v) is 1.58. The van der Waals surface area contributed by atoms with E-state index in [0.29, 0.717) is 11.2 Å². The molecular formula is C12H21ClN4. The number of hydrogen-bond donors (Lipinski definition) is 1. The lowest BCUT2D eigenvalue weighted by molar-refractivity contribution is 0.269. The summed E-state index contributed by atoms with van der Waals surface area (Å²) in [7, 11) is 2.16. The average molecular weight is 257 g/mol. The quantitative estimate of drug-likeness (QED) is 0.762. The number of rotatable bonds is 7. The fraction of sp³-hybridized carbons (Fsp3) is 0.667. The molecule has 0 bridgehead atoms. The van der Waals surface area contributed by atoms with E-state index in [1.807, 2.05) is 0 Å². The van der Waals surface area contributed by atoms with Crippen LogP contribution < -0.4 is 5.32 Å². The van der Waals surface area contributed by atoms with Gasteiger partial charge in [-0.05, 0) is 40.3 Å². The molecule has 0 saturated carbocycles. The van der Waals surface area contributed by atoms with Gasteiger partial charge in [0.15, 0.2) is 5.15 Å². The lowest BCUT2D eigenvalue weighted by Crippen LogP contribution is -2.27. The first-order valence-corrected chi connectivity index (χ1v) is 6.39. The van der Waals surface area contributed by atoms with E-state index in [9.17, 15) is 0 Å². The van der Waals surface area contributed by atoms with Crippen LogP contribution >= 0.6 is 11.6 Å². The molecule has 4 nitrogen and oxygen atoms in total. The maximum Gasteiger partial charge on any atom is 0.153 e. The molecule has 0 amide bonds. The van der Waals surface area contributed by atoms with Crippen molar-refractivity contribution in [1.29, 1.82) is 0 Å². The standard InChI is InChI=1S/C12H21ClN4/c1-10(2)17(3)7-5-4-6-14-11-8-12(13)16-15-9-11/h8-10H,4-7H2,1-3H3,(H,14,16). The summed E-state index contributed by atoms with van der Waals surface area (Å²) in [5.74, 6) is 0. The minimum atomic E-state index is 0.426. The van der Waals surface area contributed by atoms with Gasteiger partial charge in [-0.15, -0.1) is 5.10 Å². The van der Waals surface area contributed by atoms with Gasteiger partial charge in [0.05, 0.1) is 11.9 Å². The topological polar surface area (TPSA) is 41.0 Å². The van der Waals surface area contributed by atoms with Gasteiger partial charge in [-0.25, -0.2) is 0 Å². The third kappa shape index (κ3) is 5.84. The molecule has 96 valence electrons. The van der Waals surface area contributed by atoms with Gasteiger partial charge in [0, 0.05) is 18.7 Å². The molecule has 0 aliphatic rings. The number of hydrogen-bond acceptors (Lipinski definition) is 4. The first-order valence-electron chi connectivity index (χ1n) is 6.02. The number of anilines is 1. The summed E-state index contributed by atoms with van der Waals surface area (Å²) >= 11 is 5.74. The molecule has 1 N–H and O–H groups in total. The lowest BCUT2D eigenvalue weighted by atomic mass is 10.2. The second kappa shape index (κ2) is 7.45. The highest BCUT2D eigenvalue weighted by atomic mass is 35.5. The highest BCUT2D eigenvalue weighted by Crippen LogP contribution is 2.10. The van der Waals surface area contributed by atoms with E-state index in [1.165, 1.54) is 6.42 Å². The predicted octanol–water partition coefficient (Wildman–Crippen LogP) is 2.66. The van der Waals surface area contributed by atoms with Crippen molar-refractivity contribution in [3.05, 3.63) is 17.4 Å². The normalized spacial score (nSPS) is 11.2. The molecular weight excluding hydrogens is 236 g/mol. The maximum atomic E-state index is 5.74. The molecule has 0 unspecified atom stereocenters. The molecule has 0 spiro atoms. The minimum Gasteiger partial charge on any atom is -0.384 e. The van der Waals surface area contributed by atoms with Crippen LogP contribution in [0.2, 0.25) is 5.15 Å². The van der Waals surface area contributed by atoms with Crippen molar-refractivity contribution >= 4 is 17.3 Å². The first-order chi connectivity index (χ1) is 8.09. The van der Waals surface area contributed by atoms with E-state index in [4.69, 9.17) is 11.6 Å². The monoisotopic (exact) mass is 256 g/mol. The molecule has 0 aromatic carbocycles. The van der Waals surface area contributed by atoms with Gasteiger partial charge < -0.3 is 10.2 Å². The molecule has 1 rings (SSSR count). The minimum absolute atomic E-state index is 0.426. The summed E-state index contributed by atoms with van der Waals surface area (Å²) in [6, 6.07) is 2.40. The third-order valence-electron chi connectivity index (χ3n) is 2.77. The Morgan fingerprint density at radius 1 is 1.41 bits per heavy atom. The van der Waals surface area contributed by atoms with E-state index in [0.717, 1.165) is 25.2 Å². The van der Waals surface area contributed by atoms with Crippen molar-refractivity contribution in [1.82, 2.24) is 15.1 Å². The summed E-state index contributed by atoms with van der Waals surface area (Å²) in [6.07, 6.45) is 4.01. The average Bonchev–Trinajstić information content (AvgIpc) is 2.28. The third-order valence-corrected chi connectivity index (χ3v) is 2.96. The molecule has 0 aliphatic heterocycles. The van der Waals surface area contributed by atoms with Crippen molar-refractivity contribution in [2.24, 2.45) is 0 Å². The van der Waals surface area contributed by atoms with Crippen LogP contribution in [0.4, 0.5) is 5.69 Å². The van der Waals surface area contributed by atoms with E-state index in [-0.39, 0.29) is 0 Å². The zero-order valence-electron chi connectivity index (χ0n) is 10.8. The fourth-order valence-electron chi connectivity index (χ4n) is 1.41. The van der Waals surface area contributed by atoms with Crippen LogP contribution in [0.25, 0.3) is 0 Å². The Labute approximate surface area is 108 Å². The zero-order valence-corrected chi connectivity index (χ0v) is 11.5. The lowest BCUT2D eigenvalue weighted by Gasteiger charge is -2.20. The van der Waals surface area contributed by atoms with Gasteiger partial charge in [0.25, 0.3) is 0 Å². The van der Waals surface area contributed by atoms with Crippen LogP contribution in [0.15, 0.2) is 12.3 Å². The smallest absolute Gasteiger partial charge is 0.153 e. The van der Waals surface area contributed by atoms with Crippen LogP contribution in [0.3, 0.4) is 0 Å². The van der Waals surface area contributed by atoms with Gasteiger partial charge >= 0.3 is 0 Å². The first kappa shape index (κ1) is 14.2. The van der Waals surface area contributed by atoms with Crippen LogP contribution in [0.5, 0.6) is 0 Å². The number of aromatic nitrogens is 2. The molecule has 1 aromatic rings. The summed E-state index contributed by atoms with van der Waals surface area (Å²) in [5, 5.41) is 11.2. The van der Waals surface area contributed by atoms with Crippen LogP contribution in [0, 0.1) is 0 Å². The molecule has 1 heterocycles. The Morgan fingerprint density at radius 3 is 2.82 bits per heavy atom. The van der Waals surface area contributed by atoms with Crippen molar-refractivity contribution in [3.63, 3.8) is 0 Å².